The molecular weight excluding hydrogens is 208 g/mol. The van der Waals surface area contributed by atoms with Gasteiger partial charge in [0.05, 0.1) is 5.71 Å². The average molecular weight is 228 g/mol. The Morgan fingerprint density at radius 1 is 1.44 bits per heavy atom. The Balaban J connectivity index is 2.31. The second kappa shape index (κ2) is 5.18. The minimum Gasteiger partial charge on any atom is -0.444 e. The number of rotatable bonds is 1. The van der Waals surface area contributed by atoms with Crippen molar-refractivity contribution in [2.24, 2.45) is 5.16 Å². The lowest BCUT2D eigenvalue weighted by Crippen LogP contribution is -2.41. The molecule has 5 nitrogen and oxygen atoms in total. The highest BCUT2D eigenvalue weighted by atomic mass is 16.6. The Kier molecular flexibility index (Phi) is 4.15. The van der Waals surface area contributed by atoms with E-state index < -0.39 is 5.60 Å². The number of nitrogens with one attached hydrogen (secondary N) is 1. The van der Waals surface area contributed by atoms with Crippen molar-refractivity contribution in [2.45, 2.75) is 58.1 Å². The van der Waals surface area contributed by atoms with Gasteiger partial charge in [-0.25, -0.2) is 4.79 Å². The minimum absolute atomic E-state index is 0.125. The van der Waals surface area contributed by atoms with E-state index in [-0.39, 0.29) is 12.1 Å². The van der Waals surface area contributed by atoms with Crippen LogP contribution in [0.2, 0.25) is 0 Å². The molecule has 16 heavy (non-hydrogen) atoms. The minimum atomic E-state index is -0.462. The number of oxime groups is 1. The zero-order chi connectivity index (χ0) is 12.2. The van der Waals surface area contributed by atoms with Crippen molar-refractivity contribution in [2.75, 3.05) is 0 Å². The van der Waals surface area contributed by atoms with Gasteiger partial charge >= 0.3 is 6.09 Å². The fourth-order valence-corrected chi connectivity index (χ4v) is 1.67. The zero-order valence-electron chi connectivity index (χ0n) is 10.1. The molecule has 1 fully saturated rings. The molecule has 0 bridgehead atoms. The molecule has 1 rings (SSSR count). The van der Waals surface area contributed by atoms with Crippen LogP contribution in [0.5, 0.6) is 0 Å². The van der Waals surface area contributed by atoms with Crippen LogP contribution in [0.25, 0.3) is 0 Å². The summed E-state index contributed by atoms with van der Waals surface area (Å²) in [6, 6.07) is 0.125. The first kappa shape index (κ1) is 12.8. The van der Waals surface area contributed by atoms with Gasteiger partial charge in [0.1, 0.15) is 5.60 Å². The van der Waals surface area contributed by atoms with Crippen molar-refractivity contribution in [3.8, 4) is 0 Å². The third kappa shape index (κ3) is 4.51. The average Bonchev–Trinajstić information content (AvgIpc) is 2.16. The van der Waals surface area contributed by atoms with Crippen molar-refractivity contribution in [3.05, 3.63) is 0 Å². The van der Waals surface area contributed by atoms with Crippen molar-refractivity contribution in [3.63, 3.8) is 0 Å². The molecular formula is C11H20N2O3. The predicted molar refractivity (Wildman–Crippen MR) is 60.8 cm³/mol. The molecule has 92 valence electrons. The third-order valence-corrected chi connectivity index (χ3v) is 2.43. The summed E-state index contributed by atoms with van der Waals surface area (Å²) in [6.45, 7) is 5.51. The summed E-state index contributed by atoms with van der Waals surface area (Å²) in [4.78, 5) is 11.5. The van der Waals surface area contributed by atoms with Gasteiger partial charge in [-0.05, 0) is 46.5 Å². The molecule has 0 spiro atoms. The fourth-order valence-electron chi connectivity index (χ4n) is 1.67. The Labute approximate surface area is 95.9 Å². The molecule has 0 aliphatic heterocycles. The molecule has 1 aliphatic carbocycles. The molecule has 0 atom stereocenters. The highest BCUT2D eigenvalue weighted by Gasteiger charge is 2.22. The third-order valence-electron chi connectivity index (χ3n) is 2.43. The first-order valence-electron chi connectivity index (χ1n) is 5.60. The number of amides is 1. The number of nitrogens with zero attached hydrogens (tertiary/aromatic N) is 1. The van der Waals surface area contributed by atoms with E-state index in [2.05, 4.69) is 10.5 Å². The summed E-state index contributed by atoms with van der Waals surface area (Å²) in [7, 11) is 0. The van der Waals surface area contributed by atoms with Crippen LogP contribution in [0.3, 0.4) is 0 Å². The Hall–Kier alpha value is -1.26. The number of alkyl carbamates (subject to hydrolysis) is 1. The van der Waals surface area contributed by atoms with Crippen LogP contribution in [-0.4, -0.2) is 28.7 Å². The molecule has 2 N–H and O–H groups in total. The molecule has 5 heteroatoms. The van der Waals surface area contributed by atoms with E-state index in [9.17, 15) is 4.79 Å². The highest BCUT2D eigenvalue weighted by molar-refractivity contribution is 5.84. The monoisotopic (exact) mass is 228 g/mol. The Bertz CT molecular complexity index is 271. The summed E-state index contributed by atoms with van der Waals surface area (Å²) < 4.78 is 5.16. The molecule has 0 unspecified atom stereocenters. The lowest BCUT2D eigenvalue weighted by atomic mass is 9.94. The molecule has 0 heterocycles. The second-order valence-corrected chi connectivity index (χ2v) is 5.09. The van der Waals surface area contributed by atoms with Gasteiger partial charge in [0.2, 0.25) is 0 Å². The van der Waals surface area contributed by atoms with Gasteiger partial charge in [0.15, 0.2) is 0 Å². The van der Waals surface area contributed by atoms with Crippen LogP contribution in [0, 0.1) is 0 Å². The highest BCUT2D eigenvalue weighted by Crippen LogP contribution is 2.16. The van der Waals surface area contributed by atoms with Crippen molar-refractivity contribution in [1.82, 2.24) is 5.32 Å². The lowest BCUT2D eigenvalue weighted by Gasteiger charge is -2.26. The van der Waals surface area contributed by atoms with Crippen molar-refractivity contribution >= 4 is 11.8 Å². The predicted octanol–water partition coefficient (Wildman–Crippen LogP) is 2.28. The molecule has 0 aromatic rings. The van der Waals surface area contributed by atoms with E-state index in [1.54, 1.807) is 0 Å². The molecule has 1 saturated carbocycles. The number of carbonyl (C=O) groups is 1. The molecule has 0 aromatic heterocycles. The van der Waals surface area contributed by atoms with E-state index in [1.165, 1.54) is 0 Å². The molecule has 1 amide bonds. The molecule has 0 radical (unpaired) electrons. The van der Waals surface area contributed by atoms with E-state index in [1.807, 2.05) is 20.8 Å². The van der Waals surface area contributed by atoms with E-state index in [4.69, 9.17) is 9.94 Å². The van der Waals surface area contributed by atoms with Crippen LogP contribution < -0.4 is 5.32 Å². The largest absolute Gasteiger partial charge is 0.444 e. The standard InChI is InChI=1S/C11H20N2O3/c1-11(2,3)16-10(14)12-8-4-6-9(13-15)7-5-8/h8,15H,4-7H2,1-3H3,(H,12,14). The van der Waals surface area contributed by atoms with Gasteiger partial charge in [0.25, 0.3) is 0 Å². The summed E-state index contributed by atoms with van der Waals surface area (Å²) >= 11 is 0. The second-order valence-electron chi connectivity index (χ2n) is 5.09. The number of ether oxygens (including phenoxy) is 1. The zero-order valence-corrected chi connectivity index (χ0v) is 10.1. The van der Waals surface area contributed by atoms with Gasteiger partial charge in [-0.2, -0.15) is 0 Å². The maximum Gasteiger partial charge on any atom is 0.407 e. The van der Waals surface area contributed by atoms with Crippen molar-refractivity contribution in [1.29, 1.82) is 0 Å². The number of hydrogen-bond acceptors (Lipinski definition) is 4. The fraction of sp³-hybridized carbons (Fsp3) is 0.818. The smallest absolute Gasteiger partial charge is 0.407 e. The topological polar surface area (TPSA) is 70.9 Å². The summed E-state index contributed by atoms with van der Waals surface area (Å²) in [5.41, 5.74) is 0.346. The van der Waals surface area contributed by atoms with Gasteiger partial charge in [0, 0.05) is 6.04 Å². The summed E-state index contributed by atoms with van der Waals surface area (Å²) in [5, 5.41) is 14.6. The molecule has 1 aliphatic rings. The summed E-state index contributed by atoms with van der Waals surface area (Å²) in [6.07, 6.45) is 2.70. The maximum absolute atomic E-state index is 11.5. The van der Waals surface area contributed by atoms with Crippen molar-refractivity contribution < 1.29 is 14.7 Å². The van der Waals surface area contributed by atoms with Gasteiger partial charge in [-0.3, -0.25) is 0 Å². The molecule has 0 saturated heterocycles. The number of carbonyl (C=O) groups excluding carboxylic acids is 1. The van der Waals surface area contributed by atoms with E-state index in [0.717, 1.165) is 31.4 Å². The lowest BCUT2D eigenvalue weighted by molar-refractivity contribution is 0.0498. The van der Waals surface area contributed by atoms with E-state index in [0.29, 0.717) is 0 Å². The van der Waals surface area contributed by atoms with Crippen LogP contribution in [0.1, 0.15) is 46.5 Å². The Morgan fingerprint density at radius 3 is 2.44 bits per heavy atom. The molecule has 0 aromatic carbocycles. The maximum atomic E-state index is 11.5. The van der Waals surface area contributed by atoms with Crippen LogP contribution in [0.4, 0.5) is 4.79 Å². The van der Waals surface area contributed by atoms with Gasteiger partial charge < -0.3 is 15.3 Å². The first-order valence-corrected chi connectivity index (χ1v) is 5.60. The van der Waals surface area contributed by atoms with Gasteiger partial charge in [-0.15, -0.1) is 0 Å². The Morgan fingerprint density at radius 2 is 2.00 bits per heavy atom. The quantitative estimate of drug-likeness (QED) is 0.534. The van der Waals surface area contributed by atoms with Gasteiger partial charge in [-0.1, -0.05) is 5.16 Å². The van der Waals surface area contributed by atoms with Crippen LogP contribution in [-0.2, 0) is 4.74 Å². The van der Waals surface area contributed by atoms with Crippen LogP contribution >= 0.6 is 0 Å². The van der Waals surface area contributed by atoms with Crippen LogP contribution in [0.15, 0.2) is 5.16 Å². The number of hydrogen-bond donors (Lipinski definition) is 2. The normalized spacial score (nSPS) is 21.4. The summed E-state index contributed by atoms with van der Waals surface area (Å²) in [5.74, 6) is 0. The first-order chi connectivity index (χ1) is 7.40. The SMILES string of the molecule is CC(C)(C)OC(=O)NC1CCC(=NO)CC1. The van der Waals surface area contributed by atoms with E-state index >= 15 is 0 Å².